The molecule has 0 unspecified atom stereocenters. The lowest BCUT2D eigenvalue weighted by atomic mass is 10.2. The molecule has 0 fully saturated rings. The van der Waals surface area contributed by atoms with Crippen molar-refractivity contribution in [3.63, 3.8) is 0 Å². The highest BCUT2D eigenvalue weighted by atomic mass is 16.5. The fourth-order valence-corrected chi connectivity index (χ4v) is 3.32. The number of benzene rings is 2. The number of ether oxygens (including phenoxy) is 1. The van der Waals surface area contributed by atoms with Crippen molar-refractivity contribution in [2.75, 3.05) is 23.4 Å². The van der Waals surface area contributed by atoms with Gasteiger partial charge in [-0.15, -0.1) is 0 Å². The van der Waals surface area contributed by atoms with Gasteiger partial charge in [0.1, 0.15) is 5.69 Å². The number of anilines is 3. The third kappa shape index (κ3) is 3.80. The maximum Gasteiger partial charge on any atom is 0.340 e. The van der Waals surface area contributed by atoms with Crippen molar-refractivity contribution in [2.24, 2.45) is 0 Å². The van der Waals surface area contributed by atoms with Gasteiger partial charge in [0.05, 0.1) is 17.9 Å². The molecule has 1 aromatic heterocycles. The molecule has 2 aromatic carbocycles. The number of fused-ring (bicyclic) bond motifs is 1. The molecule has 3 aromatic rings. The highest BCUT2D eigenvalue weighted by Gasteiger charge is 2.26. The Morgan fingerprint density at radius 3 is 2.76 bits per heavy atom. The Hall–Kier alpha value is -3.74. The molecule has 7 heteroatoms. The minimum atomic E-state index is -0.434. The maximum atomic E-state index is 13.0. The highest BCUT2D eigenvalue weighted by Crippen LogP contribution is 2.28. The number of nitrogens with zero attached hydrogens (tertiary/aromatic N) is 3. The van der Waals surface area contributed by atoms with E-state index in [0.717, 1.165) is 17.7 Å². The zero-order valence-electron chi connectivity index (χ0n) is 16.0. The van der Waals surface area contributed by atoms with Crippen molar-refractivity contribution in [3.05, 3.63) is 77.6 Å². The van der Waals surface area contributed by atoms with Gasteiger partial charge < -0.3 is 15.0 Å². The average Bonchev–Trinajstić information content (AvgIpc) is 3.18. The number of esters is 1. The summed E-state index contributed by atoms with van der Waals surface area (Å²) in [6.45, 7) is 2.66. The SMILES string of the molecule is CCOC(=O)c1ccccc1Nc1nccc(C(=O)N2CCc3ccccc32)n1. The number of amides is 1. The van der Waals surface area contributed by atoms with E-state index in [0.29, 0.717) is 17.8 Å². The molecule has 1 aliphatic rings. The van der Waals surface area contributed by atoms with E-state index < -0.39 is 5.97 Å². The molecule has 0 aliphatic carbocycles. The summed E-state index contributed by atoms with van der Waals surface area (Å²) in [5, 5.41) is 3.02. The van der Waals surface area contributed by atoms with E-state index in [1.807, 2.05) is 24.3 Å². The number of hydrogen-bond donors (Lipinski definition) is 1. The van der Waals surface area contributed by atoms with Crippen LogP contribution in [0.15, 0.2) is 60.8 Å². The first kappa shape index (κ1) is 18.6. The molecule has 1 N–H and O–H groups in total. The van der Waals surface area contributed by atoms with Crippen molar-refractivity contribution in [1.29, 1.82) is 0 Å². The van der Waals surface area contributed by atoms with Gasteiger partial charge in [-0.3, -0.25) is 4.79 Å². The minimum Gasteiger partial charge on any atom is -0.462 e. The number of carbonyl (C=O) groups is 2. The lowest BCUT2D eigenvalue weighted by molar-refractivity contribution is 0.0527. The van der Waals surface area contributed by atoms with E-state index in [4.69, 9.17) is 4.74 Å². The lowest BCUT2D eigenvalue weighted by Gasteiger charge is -2.17. The van der Waals surface area contributed by atoms with E-state index in [1.54, 1.807) is 42.2 Å². The topological polar surface area (TPSA) is 84.4 Å². The van der Waals surface area contributed by atoms with Crippen LogP contribution in [-0.4, -0.2) is 35.0 Å². The molecule has 7 nitrogen and oxygen atoms in total. The second-order valence-electron chi connectivity index (χ2n) is 6.49. The van der Waals surface area contributed by atoms with Gasteiger partial charge in [-0.2, -0.15) is 0 Å². The average molecular weight is 388 g/mol. The van der Waals surface area contributed by atoms with Gasteiger partial charge in [0.2, 0.25) is 5.95 Å². The van der Waals surface area contributed by atoms with Crippen molar-refractivity contribution in [3.8, 4) is 0 Å². The van der Waals surface area contributed by atoms with Crippen molar-refractivity contribution in [2.45, 2.75) is 13.3 Å². The Bertz CT molecular complexity index is 1070. The normalized spacial score (nSPS) is 12.4. The quantitative estimate of drug-likeness (QED) is 0.673. The van der Waals surface area contributed by atoms with E-state index in [2.05, 4.69) is 15.3 Å². The summed E-state index contributed by atoms with van der Waals surface area (Å²) in [5.41, 5.74) is 3.24. The van der Waals surface area contributed by atoms with Gasteiger partial charge in [-0.05, 0) is 43.2 Å². The minimum absolute atomic E-state index is 0.181. The molecule has 0 spiro atoms. The monoisotopic (exact) mass is 388 g/mol. The molecule has 0 atom stereocenters. The second kappa shape index (κ2) is 8.10. The predicted molar refractivity (Wildman–Crippen MR) is 110 cm³/mol. The van der Waals surface area contributed by atoms with Gasteiger partial charge in [-0.25, -0.2) is 14.8 Å². The fraction of sp³-hybridized carbons (Fsp3) is 0.182. The lowest BCUT2D eigenvalue weighted by Crippen LogP contribution is -2.29. The molecule has 0 bridgehead atoms. The Morgan fingerprint density at radius 2 is 1.90 bits per heavy atom. The van der Waals surface area contributed by atoms with Gasteiger partial charge in [-0.1, -0.05) is 30.3 Å². The van der Waals surface area contributed by atoms with Crippen molar-refractivity contribution in [1.82, 2.24) is 9.97 Å². The Labute approximate surface area is 168 Å². The van der Waals surface area contributed by atoms with Crippen LogP contribution in [0.25, 0.3) is 0 Å². The summed E-state index contributed by atoms with van der Waals surface area (Å²) in [4.78, 5) is 35.5. The van der Waals surface area contributed by atoms with Crippen molar-refractivity contribution >= 4 is 29.2 Å². The molecule has 2 heterocycles. The highest BCUT2D eigenvalue weighted by molar-refractivity contribution is 6.06. The standard InChI is InChI=1S/C22H20N4O3/c1-2-29-21(28)16-8-4-5-9-17(16)24-22-23-13-11-18(25-22)20(27)26-14-12-15-7-3-6-10-19(15)26/h3-11,13H,2,12,14H2,1H3,(H,23,24,25). The van der Waals surface area contributed by atoms with Gasteiger partial charge in [0, 0.05) is 18.4 Å². The van der Waals surface area contributed by atoms with Crippen LogP contribution in [0.3, 0.4) is 0 Å². The number of hydrogen-bond acceptors (Lipinski definition) is 6. The molecule has 29 heavy (non-hydrogen) atoms. The third-order valence-electron chi connectivity index (χ3n) is 4.68. The number of rotatable bonds is 5. The Morgan fingerprint density at radius 1 is 1.10 bits per heavy atom. The molecule has 1 aliphatic heterocycles. The first-order chi connectivity index (χ1) is 14.2. The summed E-state index contributed by atoms with van der Waals surface area (Å²) in [6, 6.07) is 16.4. The molecule has 0 saturated carbocycles. The first-order valence-electron chi connectivity index (χ1n) is 9.43. The molecule has 1 amide bonds. The third-order valence-corrected chi connectivity index (χ3v) is 4.68. The maximum absolute atomic E-state index is 13.0. The number of carbonyl (C=O) groups excluding carboxylic acids is 2. The van der Waals surface area contributed by atoms with Crippen LogP contribution in [0.4, 0.5) is 17.3 Å². The van der Waals surface area contributed by atoms with Crippen molar-refractivity contribution < 1.29 is 14.3 Å². The smallest absolute Gasteiger partial charge is 0.340 e. The first-order valence-corrected chi connectivity index (χ1v) is 9.43. The van der Waals surface area contributed by atoms with Crippen LogP contribution in [0, 0.1) is 0 Å². The summed E-state index contributed by atoms with van der Waals surface area (Å²) in [6.07, 6.45) is 2.35. The molecular formula is C22H20N4O3. The van der Waals surface area contributed by atoms with Crippen LogP contribution in [0.2, 0.25) is 0 Å². The summed E-state index contributed by atoms with van der Waals surface area (Å²) >= 11 is 0. The van der Waals surface area contributed by atoms with Crippen LogP contribution in [-0.2, 0) is 11.2 Å². The number of para-hydroxylation sites is 2. The number of aromatic nitrogens is 2. The molecule has 0 saturated heterocycles. The van der Waals surface area contributed by atoms with E-state index in [9.17, 15) is 9.59 Å². The summed E-state index contributed by atoms with van der Waals surface area (Å²) in [7, 11) is 0. The summed E-state index contributed by atoms with van der Waals surface area (Å²) < 4.78 is 5.09. The van der Waals surface area contributed by atoms with E-state index in [1.165, 1.54) is 6.20 Å². The van der Waals surface area contributed by atoms with E-state index >= 15 is 0 Å². The van der Waals surface area contributed by atoms with Gasteiger partial charge in [0.15, 0.2) is 0 Å². The summed E-state index contributed by atoms with van der Waals surface area (Å²) in [5.74, 6) is -0.379. The molecule has 0 radical (unpaired) electrons. The zero-order chi connectivity index (χ0) is 20.2. The van der Waals surface area contributed by atoms with Gasteiger partial charge in [0.25, 0.3) is 5.91 Å². The molecule has 4 rings (SSSR count). The second-order valence-corrected chi connectivity index (χ2v) is 6.49. The van der Waals surface area contributed by atoms with Crippen LogP contribution < -0.4 is 10.2 Å². The Kier molecular flexibility index (Phi) is 5.20. The van der Waals surface area contributed by atoms with Crippen LogP contribution in [0.5, 0.6) is 0 Å². The Balaban J connectivity index is 1.58. The molecule has 146 valence electrons. The van der Waals surface area contributed by atoms with Crippen LogP contribution in [0.1, 0.15) is 33.3 Å². The fourth-order valence-electron chi connectivity index (χ4n) is 3.32. The predicted octanol–water partition coefficient (Wildman–Crippen LogP) is 3.60. The largest absolute Gasteiger partial charge is 0.462 e. The zero-order valence-corrected chi connectivity index (χ0v) is 16.0. The van der Waals surface area contributed by atoms with Gasteiger partial charge >= 0.3 is 5.97 Å². The molecular weight excluding hydrogens is 368 g/mol. The number of nitrogens with one attached hydrogen (secondary N) is 1. The van der Waals surface area contributed by atoms with E-state index in [-0.39, 0.29) is 24.2 Å². The van der Waals surface area contributed by atoms with Crippen LogP contribution >= 0.6 is 0 Å².